The minimum atomic E-state index is -1.25. The van der Waals surface area contributed by atoms with E-state index in [0.29, 0.717) is 6.29 Å². The van der Waals surface area contributed by atoms with Crippen LogP contribution in [0.3, 0.4) is 0 Å². The summed E-state index contributed by atoms with van der Waals surface area (Å²) in [7, 11) is 5.14. The van der Waals surface area contributed by atoms with Crippen LogP contribution in [0.15, 0.2) is 0 Å². The van der Waals surface area contributed by atoms with Crippen LogP contribution in [0.4, 0.5) is 0 Å². The molecular formula is C5H10BNO3. The lowest BCUT2D eigenvalue weighted by molar-refractivity contribution is -0.120. The number of hydrogen-bond donors (Lipinski definition) is 2. The number of carbonyl (C=O) groups excluding carboxylic acids is 1. The molecule has 0 aliphatic heterocycles. The number of ether oxygens (including phenoxy) is 1. The van der Waals surface area contributed by atoms with Gasteiger partial charge in [0, 0.05) is 0 Å². The molecule has 3 N–H and O–H groups in total. The standard InChI is InChI=1S/C5H10BNO3/c1-3(2-8)10-4(6)5(7)9/h2-5,9H,7H2,1H3. The molecule has 0 bridgehead atoms. The highest BCUT2D eigenvalue weighted by Crippen LogP contribution is 1.93. The van der Waals surface area contributed by atoms with E-state index in [1.54, 1.807) is 0 Å². The number of nitrogens with two attached hydrogens (primary N) is 1. The van der Waals surface area contributed by atoms with E-state index in [9.17, 15) is 4.79 Å². The highest BCUT2D eigenvalue weighted by molar-refractivity contribution is 6.11. The van der Waals surface area contributed by atoms with Gasteiger partial charge in [-0.15, -0.1) is 0 Å². The summed E-state index contributed by atoms with van der Waals surface area (Å²) in [6.07, 6.45) is -1.31. The number of rotatable bonds is 4. The summed E-state index contributed by atoms with van der Waals surface area (Å²) in [5, 5.41) is 8.58. The van der Waals surface area contributed by atoms with Crippen LogP contribution in [0.2, 0.25) is 0 Å². The van der Waals surface area contributed by atoms with Gasteiger partial charge in [-0.3, -0.25) is 0 Å². The van der Waals surface area contributed by atoms with Crippen molar-refractivity contribution in [3.63, 3.8) is 0 Å². The molecule has 0 fully saturated rings. The molecule has 4 nitrogen and oxygen atoms in total. The number of carbonyl (C=O) groups is 1. The van der Waals surface area contributed by atoms with Crippen molar-refractivity contribution in [2.24, 2.45) is 5.73 Å². The second-order valence-electron chi connectivity index (χ2n) is 1.93. The van der Waals surface area contributed by atoms with Crippen molar-refractivity contribution in [1.82, 2.24) is 0 Å². The summed E-state index contributed by atoms with van der Waals surface area (Å²) >= 11 is 0. The molecule has 3 unspecified atom stereocenters. The Morgan fingerprint density at radius 3 is 2.60 bits per heavy atom. The second-order valence-corrected chi connectivity index (χ2v) is 1.93. The summed E-state index contributed by atoms with van der Waals surface area (Å²) in [5.74, 6) is 0. The average Bonchev–Trinajstić information content (AvgIpc) is 1.87. The van der Waals surface area contributed by atoms with Crippen molar-refractivity contribution < 1.29 is 14.6 Å². The zero-order chi connectivity index (χ0) is 8.15. The molecule has 0 saturated carbocycles. The Bertz CT molecular complexity index is 109. The monoisotopic (exact) mass is 143 g/mol. The molecule has 2 radical (unpaired) electrons. The normalized spacial score (nSPS) is 19.5. The summed E-state index contributed by atoms with van der Waals surface area (Å²) < 4.78 is 4.70. The molecule has 0 aromatic rings. The Balaban J connectivity index is 3.56. The maximum atomic E-state index is 9.96. The predicted octanol–water partition coefficient (Wildman–Crippen LogP) is -1.64. The maximum absolute atomic E-state index is 9.96. The van der Waals surface area contributed by atoms with Crippen LogP contribution < -0.4 is 5.73 Å². The van der Waals surface area contributed by atoms with E-state index in [2.05, 4.69) is 0 Å². The number of aldehydes is 1. The van der Waals surface area contributed by atoms with E-state index >= 15 is 0 Å². The molecule has 0 aromatic carbocycles. The molecule has 0 heterocycles. The molecular weight excluding hydrogens is 133 g/mol. The topological polar surface area (TPSA) is 72.5 Å². The molecule has 3 atom stereocenters. The Morgan fingerprint density at radius 2 is 2.30 bits per heavy atom. The number of aliphatic hydroxyl groups is 1. The van der Waals surface area contributed by atoms with Gasteiger partial charge in [0.1, 0.15) is 26.5 Å². The van der Waals surface area contributed by atoms with Gasteiger partial charge in [-0.1, -0.05) is 0 Å². The SMILES string of the molecule is [B]C(OC(C)C=O)C(N)O. The highest BCUT2D eigenvalue weighted by Gasteiger charge is 2.11. The van der Waals surface area contributed by atoms with E-state index in [1.165, 1.54) is 6.92 Å². The summed E-state index contributed by atoms with van der Waals surface area (Å²) in [6.45, 7) is 1.51. The zero-order valence-corrected chi connectivity index (χ0v) is 5.73. The highest BCUT2D eigenvalue weighted by atomic mass is 16.5. The van der Waals surface area contributed by atoms with Crippen LogP contribution >= 0.6 is 0 Å². The predicted molar refractivity (Wildman–Crippen MR) is 36.3 cm³/mol. The van der Waals surface area contributed by atoms with E-state index in [4.69, 9.17) is 23.4 Å². The minimum absolute atomic E-state index is 0.572. The Kier molecular flexibility index (Phi) is 4.26. The molecule has 0 spiro atoms. The van der Waals surface area contributed by atoms with Gasteiger partial charge in [0.2, 0.25) is 0 Å². The van der Waals surface area contributed by atoms with E-state index in [0.717, 1.165) is 0 Å². The van der Waals surface area contributed by atoms with Gasteiger partial charge in [0.15, 0.2) is 0 Å². The fraction of sp³-hybridized carbons (Fsp3) is 0.800. The van der Waals surface area contributed by atoms with Crippen LogP contribution in [0.1, 0.15) is 6.92 Å². The maximum Gasteiger partial charge on any atom is 0.148 e. The Morgan fingerprint density at radius 1 is 1.80 bits per heavy atom. The van der Waals surface area contributed by atoms with Crippen molar-refractivity contribution >= 4 is 14.1 Å². The van der Waals surface area contributed by atoms with Gasteiger partial charge in [-0.25, -0.2) is 0 Å². The average molecular weight is 143 g/mol. The lowest BCUT2D eigenvalue weighted by Crippen LogP contribution is -2.39. The van der Waals surface area contributed by atoms with Gasteiger partial charge >= 0.3 is 0 Å². The molecule has 5 heteroatoms. The molecule has 0 saturated heterocycles. The fourth-order valence-electron chi connectivity index (χ4n) is 0.360. The number of hydrogen-bond acceptors (Lipinski definition) is 4. The van der Waals surface area contributed by atoms with Crippen molar-refractivity contribution in [3.05, 3.63) is 0 Å². The molecule has 0 aromatic heterocycles. The summed E-state index contributed by atoms with van der Waals surface area (Å²) in [4.78, 5) is 9.96. The first-order chi connectivity index (χ1) is 4.57. The molecule has 56 valence electrons. The molecule has 10 heavy (non-hydrogen) atoms. The van der Waals surface area contributed by atoms with Gasteiger partial charge < -0.3 is 20.4 Å². The number of aliphatic hydroxyl groups excluding tert-OH is 1. The van der Waals surface area contributed by atoms with Gasteiger partial charge in [-0.2, -0.15) is 0 Å². The molecule has 0 rings (SSSR count). The minimum Gasteiger partial charge on any atom is -0.377 e. The van der Waals surface area contributed by atoms with E-state index in [-0.39, 0.29) is 0 Å². The fourth-order valence-corrected chi connectivity index (χ4v) is 0.360. The lowest BCUT2D eigenvalue weighted by Gasteiger charge is -2.17. The van der Waals surface area contributed by atoms with Crippen molar-refractivity contribution in [3.8, 4) is 0 Å². The summed E-state index contributed by atoms with van der Waals surface area (Å²) in [6, 6.07) is -1.000. The first kappa shape index (κ1) is 9.61. The van der Waals surface area contributed by atoms with Crippen LogP contribution in [-0.2, 0) is 9.53 Å². The smallest absolute Gasteiger partial charge is 0.148 e. The Hall–Kier alpha value is -0.385. The Labute approximate surface area is 60.8 Å². The zero-order valence-electron chi connectivity index (χ0n) is 5.73. The lowest BCUT2D eigenvalue weighted by atomic mass is 9.98. The van der Waals surface area contributed by atoms with Crippen molar-refractivity contribution in [1.29, 1.82) is 0 Å². The van der Waals surface area contributed by atoms with Crippen LogP contribution in [-0.4, -0.2) is 37.6 Å². The first-order valence-electron chi connectivity index (χ1n) is 2.88. The molecule has 0 aliphatic carbocycles. The quantitative estimate of drug-likeness (QED) is 0.281. The largest absolute Gasteiger partial charge is 0.377 e. The third-order valence-corrected chi connectivity index (χ3v) is 0.900. The molecule has 0 aliphatic rings. The van der Waals surface area contributed by atoms with Crippen LogP contribution in [0.25, 0.3) is 0 Å². The van der Waals surface area contributed by atoms with Crippen molar-refractivity contribution in [2.75, 3.05) is 0 Å². The third kappa shape index (κ3) is 3.60. The van der Waals surface area contributed by atoms with Crippen molar-refractivity contribution in [2.45, 2.75) is 25.3 Å². The van der Waals surface area contributed by atoms with Gasteiger partial charge in [0.05, 0.1) is 6.00 Å². The summed E-state index contributed by atoms with van der Waals surface area (Å²) in [5.41, 5.74) is 4.93. The van der Waals surface area contributed by atoms with Gasteiger partial charge in [-0.05, 0) is 6.92 Å². The second kappa shape index (κ2) is 4.43. The van der Waals surface area contributed by atoms with E-state index < -0.39 is 18.3 Å². The van der Waals surface area contributed by atoms with Crippen LogP contribution in [0, 0.1) is 0 Å². The van der Waals surface area contributed by atoms with E-state index in [1.807, 2.05) is 0 Å². The molecule has 0 amide bonds. The van der Waals surface area contributed by atoms with Crippen LogP contribution in [0.5, 0.6) is 0 Å². The third-order valence-electron chi connectivity index (χ3n) is 0.900. The van der Waals surface area contributed by atoms with Gasteiger partial charge in [0.25, 0.3) is 0 Å². The first-order valence-corrected chi connectivity index (χ1v) is 2.88.